The smallest absolute Gasteiger partial charge is 0.0685 e. The van der Waals surface area contributed by atoms with Crippen molar-refractivity contribution in [2.24, 2.45) is 5.92 Å². The molecule has 1 aliphatic carbocycles. The van der Waals surface area contributed by atoms with Gasteiger partial charge in [0.2, 0.25) is 0 Å². The van der Waals surface area contributed by atoms with Crippen LogP contribution in [0.15, 0.2) is 60.8 Å². The van der Waals surface area contributed by atoms with Gasteiger partial charge < -0.3 is 9.88 Å². The van der Waals surface area contributed by atoms with Gasteiger partial charge in [0.1, 0.15) is 0 Å². The van der Waals surface area contributed by atoms with E-state index in [1.165, 1.54) is 39.7 Å². The van der Waals surface area contributed by atoms with Crippen LogP contribution in [0, 0.1) is 12.8 Å². The van der Waals surface area contributed by atoms with Gasteiger partial charge in [0, 0.05) is 42.1 Å². The van der Waals surface area contributed by atoms with Gasteiger partial charge in [-0.2, -0.15) is 5.10 Å². The van der Waals surface area contributed by atoms with Gasteiger partial charge in [-0.3, -0.25) is 4.68 Å². The molecule has 1 N–H and O–H groups in total. The average Bonchev–Trinajstić information content (AvgIpc) is 3.34. The number of nitrogens with one attached hydrogen (secondary N) is 1. The van der Waals surface area contributed by atoms with Crippen LogP contribution in [-0.2, 0) is 13.0 Å². The van der Waals surface area contributed by atoms with Crippen LogP contribution in [0.5, 0.6) is 0 Å². The first kappa shape index (κ1) is 18.0. The second-order valence-corrected chi connectivity index (χ2v) is 9.22. The quantitative estimate of drug-likeness (QED) is 0.529. The van der Waals surface area contributed by atoms with Crippen molar-refractivity contribution >= 4 is 10.9 Å². The molecule has 0 radical (unpaired) electrons. The van der Waals surface area contributed by atoms with Gasteiger partial charge in [-0.15, -0.1) is 0 Å². The van der Waals surface area contributed by atoms with E-state index < -0.39 is 0 Å². The first-order valence-corrected chi connectivity index (χ1v) is 11.1. The number of aromatic nitrogens is 3. The molecule has 4 heteroatoms. The van der Waals surface area contributed by atoms with Crippen molar-refractivity contribution in [2.75, 3.05) is 13.6 Å². The molecular weight excluding hydrogens is 368 g/mol. The van der Waals surface area contributed by atoms with Crippen molar-refractivity contribution in [1.29, 1.82) is 0 Å². The number of benzene rings is 2. The summed E-state index contributed by atoms with van der Waals surface area (Å²) in [6.07, 6.45) is 4.61. The maximum atomic E-state index is 4.87. The maximum absolute atomic E-state index is 4.87. The molecule has 2 aromatic carbocycles. The molecule has 6 rings (SSSR count). The number of likely N-dealkylation sites (N-methyl/N-ethyl adjacent to an activating group) is 1. The van der Waals surface area contributed by atoms with Crippen molar-refractivity contribution < 1.29 is 0 Å². The van der Waals surface area contributed by atoms with E-state index in [-0.39, 0.29) is 0 Å². The minimum absolute atomic E-state index is 0.591. The van der Waals surface area contributed by atoms with Gasteiger partial charge in [-0.05, 0) is 61.6 Å². The van der Waals surface area contributed by atoms with Gasteiger partial charge >= 0.3 is 0 Å². The Bertz CT molecular complexity index is 1200. The van der Waals surface area contributed by atoms with Crippen molar-refractivity contribution in [3.8, 4) is 11.3 Å². The first-order valence-electron chi connectivity index (χ1n) is 11.1. The van der Waals surface area contributed by atoms with E-state index in [4.69, 9.17) is 5.10 Å². The summed E-state index contributed by atoms with van der Waals surface area (Å²) in [4.78, 5) is 6.09. The van der Waals surface area contributed by atoms with E-state index in [1.54, 1.807) is 0 Å². The summed E-state index contributed by atoms with van der Waals surface area (Å²) in [5.74, 6) is 1.19. The number of rotatable bonds is 3. The number of hydrogen-bond donors (Lipinski definition) is 1. The van der Waals surface area contributed by atoms with E-state index in [0.29, 0.717) is 17.9 Å². The normalized spacial score (nSPS) is 23.6. The van der Waals surface area contributed by atoms with Gasteiger partial charge in [0.15, 0.2) is 0 Å². The fourth-order valence-electron chi connectivity index (χ4n) is 5.96. The average molecular weight is 397 g/mol. The zero-order valence-corrected chi connectivity index (χ0v) is 17.7. The Kier molecular flexibility index (Phi) is 4.10. The third kappa shape index (κ3) is 2.82. The topological polar surface area (TPSA) is 36.9 Å². The van der Waals surface area contributed by atoms with Crippen LogP contribution in [0.1, 0.15) is 29.2 Å². The molecule has 4 aromatic rings. The molecule has 3 heterocycles. The van der Waals surface area contributed by atoms with Crippen molar-refractivity contribution in [3.63, 3.8) is 0 Å². The number of likely N-dealkylation sites (tertiary alicyclic amines) is 1. The van der Waals surface area contributed by atoms with E-state index in [9.17, 15) is 0 Å². The lowest BCUT2D eigenvalue weighted by Gasteiger charge is -2.45. The number of nitrogens with zero attached hydrogens (tertiary/aromatic N) is 3. The Labute approximate surface area is 177 Å². The van der Waals surface area contributed by atoms with Gasteiger partial charge in [-0.1, -0.05) is 42.5 Å². The molecule has 2 aliphatic rings. The highest BCUT2D eigenvalue weighted by atomic mass is 15.3. The zero-order chi connectivity index (χ0) is 20.2. The Hall–Kier alpha value is -2.85. The minimum atomic E-state index is 0.591. The summed E-state index contributed by atoms with van der Waals surface area (Å²) >= 11 is 0. The van der Waals surface area contributed by atoms with Crippen LogP contribution in [0.25, 0.3) is 22.2 Å². The fraction of sp³-hybridized carbons (Fsp3) is 0.346. The Morgan fingerprint density at radius 3 is 2.83 bits per heavy atom. The molecular formula is C26H28N4. The maximum Gasteiger partial charge on any atom is 0.0685 e. The van der Waals surface area contributed by atoms with Crippen LogP contribution in [0.2, 0.25) is 0 Å². The number of hydrogen-bond acceptors (Lipinski definition) is 2. The third-order valence-electron chi connectivity index (χ3n) is 7.22. The number of aromatic amines is 1. The largest absolute Gasteiger partial charge is 0.361 e. The molecule has 2 aromatic heterocycles. The number of aryl methyl sites for hydroxylation is 1. The molecule has 3 atom stereocenters. The summed E-state index contributed by atoms with van der Waals surface area (Å²) < 4.78 is 2.24. The summed E-state index contributed by atoms with van der Waals surface area (Å²) in [6, 6.07) is 20.3. The molecule has 0 spiro atoms. The lowest BCUT2D eigenvalue weighted by Crippen LogP contribution is -2.48. The Morgan fingerprint density at radius 1 is 1.10 bits per heavy atom. The third-order valence-corrected chi connectivity index (χ3v) is 7.22. The lowest BCUT2D eigenvalue weighted by molar-refractivity contribution is 0.102. The Morgan fingerprint density at radius 2 is 1.97 bits per heavy atom. The predicted octanol–water partition coefficient (Wildman–Crippen LogP) is 5.00. The van der Waals surface area contributed by atoms with Crippen LogP contribution in [-0.4, -0.2) is 39.3 Å². The summed E-state index contributed by atoms with van der Waals surface area (Å²) in [5, 5.41) is 6.35. The molecule has 1 aliphatic heterocycles. The van der Waals surface area contributed by atoms with E-state index in [1.807, 2.05) is 0 Å². The summed E-state index contributed by atoms with van der Waals surface area (Å²) in [5.41, 5.74) is 7.89. The van der Waals surface area contributed by atoms with Crippen LogP contribution in [0.3, 0.4) is 0 Å². The van der Waals surface area contributed by atoms with Gasteiger partial charge in [0.25, 0.3) is 0 Å². The molecule has 4 nitrogen and oxygen atoms in total. The van der Waals surface area contributed by atoms with Crippen molar-refractivity contribution in [2.45, 2.75) is 38.3 Å². The highest BCUT2D eigenvalue weighted by Crippen LogP contribution is 2.44. The van der Waals surface area contributed by atoms with E-state index in [2.05, 4.69) is 89.3 Å². The second-order valence-electron chi connectivity index (χ2n) is 9.22. The zero-order valence-electron chi connectivity index (χ0n) is 17.7. The standard InChI is InChI=1S/C26H28N4/c1-17-11-24(19-7-4-3-5-8-19)30(28-17)16-18-12-22-21-9-6-10-23-26(21)20(14-27-23)13-25(22)29(2)15-18/h3-11,14,18,22,25,27H,12-13,15-16H2,1-2H3/t18-,22?,25-/m1/s1. The Balaban J connectivity index is 1.33. The SMILES string of the molecule is Cc1cc(-c2ccccc2)n(C[C@@H]2CC3c4cccc5[nH]cc(c45)C[C@H]3N(C)C2)n1. The number of H-pyrrole nitrogens is 1. The molecule has 0 saturated carbocycles. The molecule has 152 valence electrons. The van der Waals surface area contributed by atoms with Crippen LogP contribution < -0.4 is 0 Å². The van der Waals surface area contributed by atoms with Crippen molar-refractivity contribution in [1.82, 2.24) is 19.7 Å². The number of fused-ring (bicyclic) bond motifs is 2. The second kappa shape index (κ2) is 6.85. The van der Waals surface area contributed by atoms with Crippen LogP contribution in [0.4, 0.5) is 0 Å². The lowest BCUT2D eigenvalue weighted by atomic mass is 9.72. The predicted molar refractivity (Wildman–Crippen MR) is 122 cm³/mol. The summed E-state index contributed by atoms with van der Waals surface area (Å²) in [6.45, 7) is 4.20. The van der Waals surface area contributed by atoms with Gasteiger partial charge in [0.05, 0.1) is 11.4 Å². The molecule has 1 unspecified atom stereocenters. The number of piperidine rings is 1. The van der Waals surface area contributed by atoms with Crippen molar-refractivity contribution in [3.05, 3.63) is 77.6 Å². The minimum Gasteiger partial charge on any atom is -0.361 e. The monoisotopic (exact) mass is 396 g/mol. The molecule has 30 heavy (non-hydrogen) atoms. The highest BCUT2D eigenvalue weighted by molar-refractivity contribution is 5.88. The summed E-state index contributed by atoms with van der Waals surface area (Å²) in [7, 11) is 2.31. The van der Waals surface area contributed by atoms with Crippen LogP contribution >= 0.6 is 0 Å². The first-order chi connectivity index (χ1) is 14.7. The molecule has 1 fully saturated rings. The molecule has 0 amide bonds. The highest BCUT2D eigenvalue weighted by Gasteiger charge is 2.39. The van der Waals surface area contributed by atoms with E-state index in [0.717, 1.165) is 25.2 Å². The van der Waals surface area contributed by atoms with Gasteiger partial charge in [-0.25, -0.2) is 0 Å². The fourth-order valence-corrected chi connectivity index (χ4v) is 5.96. The molecule has 0 bridgehead atoms. The molecule has 1 saturated heterocycles. The van der Waals surface area contributed by atoms with E-state index >= 15 is 0 Å².